The van der Waals surface area contributed by atoms with E-state index in [4.69, 9.17) is 11.6 Å². The summed E-state index contributed by atoms with van der Waals surface area (Å²) in [6, 6.07) is 32.3. The molecular weight excluding hydrogens is 496 g/mol. The fourth-order valence-electron chi connectivity index (χ4n) is 6.66. The Morgan fingerprint density at radius 3 is 1.61 bits per heavy atom. The number of carbonyl (C=O) groups is 3. The number of carbonyl (C=O) groups excluding carboxylic acids is 3. The van der Waals surface area contributed by atoms with Crippen molar-refractivity contribution < 1.29 is 14.4 Å². The van der Waals surface area contributed by atoms with Crippen LogP contribution in [-0.2, 0) is 16.1 Å². The highest BCUT2D eigenvalue weighted by Crippen LogP contribution is 2.61. The van der Waals surface area contributed by atoms with Gasteiger partial charge in [0.15, 0.2) is 0 Å². The lowest BCUT2D eigenvalue weighted by Crippen LogP contribution is -2.50. The van der Waals surface area contributed by atoms with Gasteiger partial charge in [-0.2, -0.15) is 5.01 Å². The lowest BCUT2D eigenvalue weighted by Gasteiger charge is -2.45. The largest absolute Gasteiger partial charge is 0.274 e. The molecule has 0 unspecified atom stereocenters. The van der Waals surface area contributed by atoms with Crippen LogP contribution in [0, 0.1) is 11.8 Å². The summed E-state index contributed by atoms with van der Waals surface area (Å²) in [6.45, 7) is 0.0665. The summed E-state index contributed by atoms with van der Waals surface area (Å²) in [5.74, 6) is -2.79. The van der Waals surface area contributed by atoms with Crippen LogP contribution in [0.5, 0.6) is 0 Å². The van der Waals surface area contributed by atoms with Gasteiger partial charge in [0, 0.05) is 11.8 Å². The molecular formula is C32H23ClN2O3. The average Bonchev–Trinajstić information content (AvgIpc) is 3.22. The van der Waals surface area contributed by atoms with E-state index in [0.29, 0.717) is 0 Å². The summed E-state index contributed by atoms with van der Waals surface area (Å²) in [5.41, 5.74) is 5.41. The Labute approximate surface area is 225 Å². The van der Waals surface area contributed by atoms with Crippen molar-refractivity contribution in [3.05, 3.63) is 142 Å². The molecule has 1 saturated heterocycles. The third kappa shape index (κ3) is 3.21. The third-order valence-corrected chi connectivity index (χ3v) is 8.51. The Morgan fingerprint density at radius 1 is 0.658 bits per heavy atom. The van der Waals surface area contributed by atoms with Crippen molar-refractivity contribution in [1.29, 1.82) is 0 Å². The first-order valence-electron chi connectivity index (χ1n) is 12.7. The summed E-state index contributed by atoms with van der Waals surface area (Å²) in [4.78, 5) is 42.5. The van der Waals surface area contributed by atoms with Gasteiger partial charge in [-0.15, -0.1) is 0 Å². The molecule has 1 fully saturated rings. The smallest absolute Gasteiger partial charge is 0.272 e. The highest BCUT2D eigenvalue weighted by atomic mass is 35.5. The van der Waals surface area contributed by atoms with E-state index in [2.05, 4.69) is 24.3 Å². The molecule has 0 spiro atoms. The Bertz CT molecular complexity index is 1500. The number of halogens is 1. The molecule has 0 N–H and O–H groups in total. The molecule has 1 heterocycles. The molecule has 2 bridgehead atoms. The van der Waals surface area contributed by atoms with Crippen LogP contribution in [0.25, 0.3) is 0 Å². The number of hydrazine groups is 1. The van der Waals surface area contributed by atoms with Crippen LogP contribution in [-0.4, -0.2) is 27.7 Å². The average molecular weight is 519 g/mol. The molecule has 0 aromatic heterocycles. The molecule has 5 nitrogen and oxygen atoms in total. The Hall–Kier alpha value is -4.22. The summed E-state index contributed by atoms with van der Waals surface area (Å²) >= 11 is 6.41. The maximum absolute atomic E-state index is 14.3. The monoisotopic (exact) mass is 518 g/mol. The zero-order valence-corrected chi connectivity index (χ0v) is 21.1. The molecule has 0 saturated carbocycles. The maximum Gasteiger partial charge on any atom is 0.274 e. The summed E-state index contributed by atoms with van der Waals surface area (Å²) in [7, 11) is 0. The Morgan fingerprint density at radius 2 is 1.11 bits per heavy atom. The standard InChI is InChI=1S/C32H23ClN2O3/c33-25-17-9-8-16-24(25)30(36)34(18-19-10-2-1-3-11-19)35-31(37)28-26-20-12-4-5-13-21(20)27(29(28)32(35)38)23-15-7-6-14-22(23)26/h1-17,26-29H,18H2/t26?,27?,28-,29+. The van der Waals surface area contributed by atoms with Gasteiger partial charge in [-0.3, -0.25) is 14.4 Å². The van der Waals surface area contributed by atoms with E-state index >= 15 is 0 Å². The zero-order chi connectivity index (χ0) is 26.0. The zero-order valence-electron chi connectivity index (χ0n) is 20.3. The molecule has 38 heavy (non-hydrogen) atoms. The predicted octanol–water partition coefficient (Wildman–Crippen LogP) is 5.79. The van der Waals surface area contributed by atoms with Crippen molar-refractivity contribution in [3.63, 3.8) is 0 Å². The van der Waals surface area contributed by atoms with Gasteiger partial charge >= 0.3 is 0 Å². The minimum Gasteiger partial charge on any atom is -0.272 e. The molecule has 4 aliphatic rings. The van der Waals surface area contributed by atoms with Crippen molar-refractivity contribution in [2.75, 3.05) is 0 Å². The summed E-state index contributed by atoms with van der Waals surface area (Å²) in [5, 5.41) is 2.67. The highest BCUT2D eigenvalue weighted by Gasteiger charge is 2.63. The van der Waals surface area contributed by atoms with Gasteiger partial charge in [-0.05, 0) is 39.9 Å². The van der Waals surface area contributed by atoms with Gasteiger partial charge in [0.05, 0.1) is 29.0 Å². The molecule has 8 rings (SSSR count). The molecule has 3 amide bonds. The first-order valence-corrected chi connectivity index (χ1v) is 13.1. The summed E-state index contributed by atoms with van der Waals surface area (Å²) in [6.07, 6.45) is 0. The van der Waals surface area contributed by atoms with E-state index < -0.39 is 17.7 Å². The number of hydrogen-bond acceptors (Lipinski definition) is 3. The van der Waals surface area contributed by atoms with Gasteiger partial charge in [0.25, 0.3) is 17.7 Å². The van der Waals surface area contributed by atoms with Gasteiger partial charge < -0.3 is 0 Å². The normalized spacial score (nSPS) is 22.6. The van der Waals surface area contributed by atoms with Gasteiger partial charge in [0.2, 0.25) is 0 Å². The number of hydrogen-bond donors (Lipinski definition) is 0. The lowest BCUT2D eigenvalue weighted by molar-refractivity contribution is -0.155. The number of nitrogens with zero attached hydrogens (tertiary/aromatic N) is 2. The SMILES string of the molecule is O=C(c1ccccc1Cl)N(Cc1ccccc1)N1C(=O)[C@@H]2C3c4ccccc4C(c4ccccc43)[C@@H]2C1=O. The molecule has 6 heteroatoms. The number of imide groups is 1. The number of amides is 3. The second-order valence-electron chi connectivity index (χ2n) is 10.1. The van der Waals surface area contributed by atoms with Crippen LogP contribution < -0.4 is 0 Å². The molecule has 2 atom stereocenters. The second kappa shape index (κ2) is 8.67. The Balaban J connectivity index is 1.36. The molecule has 3 aliphatic carbocycles. The molecule has 4 aromatic rings. The van der Waals surface area contributed by atoms with Crippen molar-refractivity contribution in [2.45, 2.75) is 18.4 Å². The van der Waals surface area contributed by atoms with Crippen LogP contribution >= 0.6 is 11.6 Å². The van der Waals surface area contributed by atoms with E-state index in [1.807, 2.05) is 54.6 Å². The summed E-state index contributed by atoms with van der Waals surface area (Å²) < 4.78 is 0. The predicted molar refractivity (Wildman–Crippen MR) is 143 cm³/mol. The van der Waals surface area contributed by atoms with Gasteiger partial charge in [-0.25, -0.2) is 5.01 Å². The lowest BCUT2D eigenvalue weighted by atomic mass is 9.55. The van der Waals surface area contributed by atoms with E-state index in [1.54, 1.807) is 24.3 Å². The minimum absolute atomic E-state index is 0.0665. The second-order valence-corrected chi connectivity index (χ2v) is 10.5. The van der Waals surface area contributed by atoms with E-state index in [1.165, 1.54) is 5.01 Å². The molecule has 0 radical (unpaired) electrons. The van der Waals surface area contributed by atoms with Gasteiger partial charge in [0.1, 0.15) is 0 Å². The van der Waals surface area contributed by atoms with Crippen molar-refractivity contribution in [3.8, 4) is 0 Å². The van der Waals surface area contributed by atoms with Crippen molar-refractivity contribution in [1.82, 2.24) is 10.0 Å². The van der Waals surface area contributed by atoms with Crippen LogP contribution in [0.2, 0.25) is 5.02 Å². The minimum atomic E-state index is -0.574. The van der Waals surface area contributed by atoms with E-state index in [9.17, 15) is 14.4 Å². The quantitative estimate of drug-likeness (QED) is 0.321. The fourth-order valence-corrected chi connectivity index (χ4v) is 6.88. The topological polar surface area (TPSA) is 57.7 Å². The third-order valence-electron chi connectivity index (χ3n) is 8.18. The first kappa shape index (κ1) is 22.9. The van der Waals surface area contributed by atoms with Crippen molar-refractivity contribution in [2.24, 2.45) is 11.8 Å². The van der Waals surface area contributed by atoms with Gasteiger partial charge in [-0.1, -0.05) is 103 Å². The fraction of sp³-hybridized carbons (Fsp3) is 0.156. The first-order chi connectivity index (χ1) is 18.6. The van der Waals surface area contributed by atoms with E-state index in [0.717, 1.165) is 32.8 Å². The van der Waals surface area contributed by atoms with E-state index in [-0.39, 0.29) is 40.8 Å². The number of rotatable bonds is 4. The Kier molecular flexibility index (Phi) is 5.24. The van der Waals surface area contributed by atoms with Crippen LogP contribution in [0.4, 0.5) is 0 Å². The van der Waals surface area contributed by atoms with Crippen molar-refractivity contribution >= 4 is 29.3 Å². The molecule has 186 valence electrons. The number of benzene rings is 4. The highest BCUT2D eigenvalue weighted by molar-refractivity contribution is 6.33. The molecule has 1 aliphatic heterocycles. The maximum atomic E-state index is 14.3. The van der Waals surface area contributed by atoms with Crippen LogP contribution in [0.15, 0.2) is 103 Å². The molecule has 4 aromatic carbocycles. The van der Waals surface area contributed by atoms with Crippen LogP contribution in [0.1, 0.15) is 50.0 Å². The van der Waals surface area contributed by atoms with Crippen LogP contribution in [0.3, 0.4) is 0 Å².